The monoisotopic (exact) mass is 247 g/mol. The van der Waals surface area contributed by atoms with E-state index >= 15 is 0 Å². The van der Waals surface area contributed by atoms with Crippen LogP contribution in [0.4, 0.5) is 4.79 Å². The van der Waals surface area contributed by atoms with Crippen LogP contribution < -0.4 is 5.73 Å². The molecule has 0 saturated carbocycles. The highest BCUT2D eigenvalue weighted by Gasteiger charge is 2.50. The number of hydrogen-bond acceptors (Lipinski definition) is 3. The smallest absolute Gasteiger partial charge is 0.346 e. The van der Waals surface area contributed by atoms with Crippen LogP contribution in [0, 0.1) is 0 Å². The molecule has 2 aliphatic rings. The third-order valence-electron chi connectivity index (χ3n) is 3.55. The number of amidine groups is 1. The minimum absolute atomic E-state index is 0.246. The molecular weight excluding hydrogens is 234 g/mol. The van der Waals surface area contributed by atoms with Crippen LogP contribution in [0.3, 0.4) is 0 Å². The van der Waals surface area contributed by atoms with Crippen LogP contribution >= 0.6 is 11.8 Å². The zero-order valence-electron chi connectivity index (χ0n) is 9.51. The van der Waals surface area contributed by atoms with Crippen LogP contribution in [0.2, 0.25) is 0 Å². The van der Waals surface area contributed by atoms with Gasteiger partial charge in [-0.15, -0.1) is 11.8 Å². The van der Waals surface area contributed by atoms with E-state index in [-0.39, 0.29) is 6.03 Å². The molecule has 1 unspecified atom stereocenters. The number of thioether (sulfide) groups is 1. The fourth-order valence-electron chi connectivity index (χ4n) is 2.60. The molecule has 0 aromatic heterocycles. The summed E-state index contributed by atoms with van der Waals surface area (Å²) in [5.41, 5.74) is 6.61. The van der Waals surface area contributed by atoms with Crippen molar-refractivity contribution in [3.8, 4) is 0 Å². The van der Waals surface area contributed by atoms with E-state index in [4.69, 9.17) is 5.73 Å². The van der Waals surface area contributed by atoms with E-state index in [9.17, 15) is 4.79 Å². The number of fused-ring (bicyclic) bond motifs is 2. The van der Waals surface area contributed by atoms with Crippen molar-refractivity contribution in [2.45, 2.75) is 16.9 Å². The molecule has 1 aromatic carbocycles. The fraction of sp³-hybridized carbons (Fsp3) is 0.333. The first-order valence-electron chi connectivity index (χ1n) is 5.51. The number of urea groups is 1. The van der Waals surface area contributed by atoms with Gasteiger partial charge in [-0.2, -0.15) is 4.99 Å². The molecule has 0 bridgehead atoms. The Morgan fingerprint density at radius 3 is 2.94 bits per heavy atom. The maximum atomic E-state index is 11.7. The lowest BCUT2D eigenvalue weighted by molar-refractivity contribution is 0.186. The Hall–Kier alpha value is -1.49. The number of likely N-dealkylation sites (N-methyl/N-ethyl adjacent to an activating group) is 1. The van der Waals surface area contributed by atoms with Crippen LogP contribution in [-0.2, 0) is 5.54 Å². The average Bonchev–Trinajstić information content (AvgIpc) is 2.55. The van der Waals surface area contributed by atoms with Gasteiger partial charge in [0, 0.05) is 17.7 Å². The first-order valence-corrected chi connectivity index (χ1v) is 6.49. The zero-order valence-corrected chi connectivity index (χ0v) is 10.3. The second-order valence-corrected chi connectivity index (χ2v) is 5.43. The van der Waals surface area contributed by atoms with Crippen LogP contribution in [-0.4, -0.2) is 29.6 Å². The molecule has 1 aromatic rings. The molecule has 2 heterocycles. The van der Waals surface area contributed by atoms with Gasteiger partial charge in [-0.05, 0) is 18.1 Å². The number of hydrogen-bond donors (Lipinski definition) is 1. The van der Waals surface area contributed by atoms with Crippen molar-refractivity contribution in [1.82, 2.24) is 4.90 Å². The maximum absolute atomic E-state index is 11.7. The first kappa shape index (κ1) is 10.7. The molecular formula is C12H13N3OS. The molecule has 2 N–H and O–H groups in total. The molecule has 0 saturated heterocycles. The lowest BCUT2D eigenvalue weighted by Crippen LogP contribution is -2.51. The lowest BCUT2D eigenvalue weighted by atomic mass is 9.85. The molecule has 88 valence electrons. The third kappa shape index (κ3) is 1.26. The Kier molecular flexibility index (Phi) is 2.19. The second kappa shape index (κ2) is 3.50. The molecule has 5 heteroatoms. The zero-order chi connectivity index (χ0) is 12.0. The van der Waals surface area contributed by atoms with Gasteiger partial charge in [0.05, 0.1) is 0 Å². The van der Waals surface area contributed by atoms with Gasteiger partial charge in [-0.1, -0.05) is 18.2 Å². The summed E-state index contributed by atoms with van der Waals surface area (Å²) in [6.45, 7) is 0. The minimum Gasteiger partial charge on any atom is -0.385 e. The second-order valence-electron chi connectivity index (χ2n) is 4.29. The number of aliphatic imine (C=N–C) groups is 1. The largest absolute Gasteiger partial charge is 0.385 e. The van der Waals surface area contributed by atoms with Gasteiger partial charge >= 0.3 is 6.03 Å². The van der Waals surface area contributed by atoms with E-state index in [2.05, 4.69) is 11.1 Å². The molecule has 0 fully saturated rings. The normalized spacial score (nSPS) is 27.2. The molecule has 0 aliphatic carbocycles. The number of rotatable bonds is 0. The highest BCUT2D eigenvalue weighted by atomic mass is 32.2. The third-order valence-corrected chi connectivity index (χ3v) is 4.63. The first-order chi connectivity index (χ1) is 8.16. The maximum Gasteiger partial charge on any atom is 0.346 e. The summed E-state index contributed by atoms with van der Waals surface area (Å²) in [4.78, 5) is 18.5. The van der Waals surface area contributed by atoms with Gasteiger partial charge < -0.3 is 10.6 Å². The molecule has 3 rings (SSSR count). The molecule has 2 aliphatic heterocycles. The van der Waals surface area contributed by atoms with Crippen molar-refractivity contribution in [2.75, 3.05) is 12.8 Å². The Bertz CT molecular complexity index is 528. The topological polar surface area (TPSA) is 58.7 Å². The van der Waals surface area contributed by atoms with Gasteiger partial charge in [-0.3, -0.25) is 0 Å². The highest BCUT2D eigenvalue weighted by Crippen LogP contribution is 2.45. The van der Waals surface area contributed by atoms with Crippen LogP contribution in [0.5, 0.6) is 0 Å². The Labute approximate surface area is 104 Å². The summed E-state index contributed by atoms with van der Waals surface area (Å²) >= 11 is 1.81. The standard InChI is InChI=1S/C12H13N3OS/c1-15-11(16)14-10(13)12(15)6-7-17-9-5-3-2-4-8(9)12/h2-5H,6-7H2,1H3,(H2,13,14,16). The number of carbonyl (C=O) groups is 1. The van der Waals surface area contributed by atoms with Gasteiger partial charge in [0.2, 0.25) is 0 Å². The predicted octanol–water partition coefficient (Wildman–Crippen LogP) is 1.80. The molecule has 17 heavy (non-hydrogen) atoms. The van der Waals surface area contributed by atoms with Gasteiger partial charge in [0.25, 0.3) is 0 Å². The van der Waals surface area contributed by atoms with Crippen LogP contribution in [0.25, 0.3) is 0 Å². The van der Waals surface area contributed by atoms with E-state index in [1.54, 1.807) is 23.7 Å². The van der Waals surface area contributed by atoms with Gasteiger partial charge in [0.1, 0.15) is 11.4 Å². The number of amides is 2. The van der Waals surface area contributed by atoms with Gasteiger partial charge in [-0.25, -0.2) is 4.79 Å². The Morgan fingerprint density at radius 1 is 1.47 bits per heavy atom. The van der Waals surface area contributed by atoms with Crippen molar-refractivity contribution < 1.29 is 4.79 Å². The van der Waals surface area contributed by atoms with Crippen molar-refractivity contribution in [2.24, 2.45) is 10.7 Å². The minimum atomic E-state index is -0.515. The van der Waals surface area contributed by atoms with Crippen molar-refractivity contribution in [3.63, 3.8) is 0 Å². The van der Waals surface area contributed by atoms with Crippen LogP contribution in [0.15, 0.2) is 34.2 Å². The van der Waals surface area contributed by atoms with Crippen LogP contribution in [0.1, 0.15) is 12.0 Å². The van der Waals surface area contributed by atoms with E-state index in [0.29, 0.717) is 5.84 Å². The number of nitrogens with zero attached hydrogens (tertiary/aromatic N) is 2. The van der Waals surface area contributed by atoms with E-state index in [1.807, 2.05) is 18.2 Å². The molecule has 2 amide bonds. The average molecular weight is 247 g/mol. The molecule has 1 spiro atoms. The summed E-state index contributed by atoms with van der Waals surface area (Å²) in [6.07, 6.45) is 0.826. The highest BCUT2D eigenvalue weighted by molar-refractivity contribution is 7.99. The summed E-state index contributed by atoms with van der Waals surface area (Å²) in [6, 6.07) is 7.86. The Balaban J connectivity index is 2.23. The quantitative estimate of drug-likeness (QED) is 0.760. The predicted molar refractivity (Wildman–Crippen MR) is 68.2 cm³/mol. The molecule has 1 atom stereocenters. The molecule has 0 radical (unpaired) electrons. The van der Waals surface area contributed by atoms with E-state index in [0.717, 1.165) is 17.7 Å². The van der Waals surface area contributed by atoms with Crippen molar-refractivity contribution in [3.05, 3.63) is 29.8 Å². The summed E-state index contributed by atoms with van der Waals surface area (Å²) in [7, 11) is 1.78. The van der Waals surface area contributed by atoms with E-state index < -0.39 is 5.54 Å². The summed E-state index contributed by atoms with van der Waals surface area (Å²) in [5, 5.41) is 0. The number of carbonyl (C=O) groups excluding carboxylic acids is 1. The molecule has 4 nitrogen and oxygen atoms in total. The summed E-state index contributed by atoms with van der Waals surface area (Å²) in [5.74, 6) is 1.38. The van der Waals surface area contributed by atoms with E-state index in [1.165, 1.54) is 4.90 Å². The summed E-state index contributed by atoms with van der Waals surface area (Å²) < 4.78 is 0. The fourth-order valence-corrected chi connectivity index (χ4v) is 3.78. The SMILES string of the molecule is CN1C(=O)N=C(N)C12CCSc1ccccc12. The van der Waals surface area contributed by atoms with Crippen molar-refractivity contribution in [1.29, 1.82) is 0 Å². The van der Waals surface area contributed by atoms with Crippen molar-refractivity contribution >= 4 is 23.6 Å². The number of nitrogens with two attached hydrogens (primary N) is 1. The lowest BCUT2D eigenvalue weighted by Gasteiger charge is -2.40. The number of benzene rings is 1. The van der Waals surface area contributed by atoms with Gasteiger partial charge in [0.15, 0.2) is 0 Å². The Morgan fingerprint density at radius 2 is 2.24 bits per heavy atom.